The SMILES string of the molecule is CCCCN(CCO)C(=O)CCOCC. The first-order chi connectivity index (χ1) is 7.26. The number of aliphatic hydroxyl groups excluding tert-OH is 1. The molecule has 15 heavy (non-hydrogen) atoms. The average molecular weight is 217 g/mol. The van der Waals surface area contributed by atoms with Gasteiger partial charge in [0.2, 0.25) is 5.91 Å². The molecule has 90 valence electrons. The molecular weight excluding hydrogens is 194 g/mol. The monoisotopic (exact) mass is 217 g/mol. The molecule has 0 atom stereocenters. The van der Waals surface area contributed by atoms with Crippen LogP contribution in [0.1, 0.15) is 33.1 Å². The van der Waals surface area contributed by atoms with Gasteiger partial charge in [0.05, 0.1) is 19.6 Å². The number of aliphatic hydroxyl groups is 1. The smallest absolute Gasteiger partial charge is 0.224 e. The van der Waals surface area contributed by atoms with E-state index in [1.165, 1.54) is 0 Å². The first-order valence-corrected chi connectivity index (χ1v) is 5.72. The highest BCUT2D eigenvalue weighted by molar-refractivity contribution is 5.76. The van der Waals surface area contributed by atoms with Crippen molar-refractivity contribution in [2.24, 2.45) is 0 Å². The van der Waals surface area contributed by atoms with Gasteiger partial charge in [-0.15, -0.1) is 0 Å². The Morgan fingerprint density at radius 1 is 1.33 bits per heavy atom. The molecule has 0 rings (SSSR count). The summed E-state index contributed by atoms with van der Waals surface area (Å²) >= 11 is 0. The molecule has 0 fully saturated rings. The van der Waals surface area contributed by atoms with Crippen LogP contribution in [0.25, 0.3) is 0 Å². The summed E-state index contributed by atoms with van der Waals surface area (Å²) in [5.74, 6) is 0.0750. The molecule has 0 aliphatic heterocycles. The molecule has 1 N–H and O–H groups in total. The van der Waals surface area contributed by atoms with Crippen molar-refractivity contribution in [3.05, 3.63) is 0 Å². The standard InChI is InChI=1S/C11H23NO3/c1-3-5-7-12(8-9-13)11(14)6-10-15-4-2/h13H,3-10H2,1-2H3. The van der Waals surface area contributed by atoms with Crippen LogP contribution >= 0.6 is 0 Å². The quantitative estimate of drug-likeness (QED) is 0.587. The third kappa shape index (κ3) is 7.33. The Bertz CT molecular complexity index is 162. The molecule has 0 bridgehead atoms. The van der Waals surface area contributed by atoms with Crippen molar-refractivity contribution in [1.82, 2.24) is 4.90 Å². The van der Waals surface area contributed by atoms with E-state index < -0.39 is 0 Å². The van der Waals surface area contributed by atoms with Crippen molar-refractivity contribution >= 4 is 5.91 Å². The van der Waals surface area contributed by atoms with Crippen LogP contribution in [-0.2, 0) is 9.53 Å². The van der Waals surface area contributed by atoms with Crippen molar-refractivity contribution in [3.63, 3.8) is 0 Å². The van der Waals surface area contributed by atoms with Gasteiger partial charge >= 0.3 is 0 Å². The fourth-order valence-electron chi connectivity index (χ4n) is 1.29. The van der Waals surface area contributed by atoms with Crippen LogP contribution in [0.3, 0.4) is 0 Å². The number of nitrogens with zero attached hydrogens (tertiary/aromatic N) is 1. The van der Waals surface area contributed by atoms with E-state index in [0.29, 0.717) is 26.2 Å². The molecule has 0 aromatic carbocycles. The van der Waals surface area contributed by atoms with Gasteiger partial charge in [-0.05, 0) is 13.3 Å². The number of hydrogen-bond donors (Lipinski definition) is 1. The molecule has 0 aromatic heterocycles. The lowest BCUT2D eigenvalue weighted by atomic mass is 10.3. The molecule has 1 amide bonds. The summed E-state index contributed by atoms with van der Waals surface area (Å²) in [5, 5.41) is 8.83. The van der Waals surface area contributed by atoms with Gasteiger partial charge in [-0.2, -0.15) is 0 Å². The zero-order valence-electron chi connectivity index (χ0n) is 9.87. The Hall–Kier alpha value is -0.610. The summed E-state index contributed by atoms with van der Waals surface area (Å²) in [4.78, 5) is 13.4. The van der Waals surface area contributed by atoms with E-state index in [1.54, 1.807) is 4.90 Å². The Morgan fingerprint density at radius 2 is 2.07 bits per heavy atom. The van der Waals surface area contributed by atoms with Gasteiger partial charge in [-0.25, -0.2) is 0 Å². The number of rotatable bonds is 9. The highest BCUT2D eigenvalue weighted by Gasteiger charge is 2.11. The second kappa shape index (κ2) is 9.93. The van der Waals surface area contributed by atoms with Crippen molar-refractivity contribution in [3.8, 4) is 0 Å². The van der Waals surface area contributed by atoms with E-state index in [4.69, 9.17) is 9.84 Å². The largest absolute Gasteiger partial charge is 0.395 e. The predicted molar refractivity (Wildman–Crippen MR) is 59.7 cm³/mol. The van der Waals surface area contributed by atoms with E-state index >= 15 is 0 Å². The average Bonchev–Trinajstić information content (AvgIpc) is 2.24. The fourth-order valence-corrected chi connectivity index (χ4v) is 1.29. The highest BCUT2D eigenvalue weighted by Crippen LogP contribution is 1.99. The van der Waals surface area contributed by atoms with Crippen molar-refractivity contribution in [1.29, 1.82) is 0 Å². The maximum Gasteiger partial charge on any atom is 0.224 e. The number of carbonyl (C=O) groups is 1. The van der Waals surface area contributed by atoms with E-state index in [-0.39, 0.29) is 12.5 Å². The van der Waals surface area contributed by atoms with Gasteiger partial charge in [0, 0.05) is 19.7 Å². The number of carbonyl (C=O) groups excluding carboxylic acids is 1. The molecule has 4 nitrogen and oxygen atoms in total. The van der Waals surface area contributed by atoms with E-state index in [0.717, 1.165) is 19.4 Å². The lowest BCUT2D eigenvalue weighted by Crippen LogP contribution is -2.35. The van der Waals surface area contributed by atoms with E-state index in [2.05, 4.69) is 6.92 Å². The number of unbranched alkanes of at least 4 members (excludes halogenated alkanes) is 1. The topological polar surface area (TPSA) is 49.8 Å². The minimum atomic E-state index is 0.0318. The number of hydrogen-bond acceptors (Lipinski definition) is 3. The van der Waals surface area contributed by atoms with E-state index in [9.17, 15) is 4.79 Å². The molecule has 0 aromatic rings. The van der Waals surface area contributed by atoms with Crippen LogP contribution in [0.2, 0.25) is 0 Å². The maximum absolute atomic E-state index is 11.6. The summed E-state index contributed by atoms with van der Waals surface area (Å²) < 4.78 is 5.13. The number of ether oxygens (including phenoxy) is 1. The van der Waals surface area contributed by atoms with Crippen LogP contribution < -0.4 is 0 Å². The molecule has 0 heterocycles. The first kappa shape index (κ1) is 14.4. The molecule has 4 heteroatoms. The van der Waals surface area contributed by atoms with Crippen LogP contribution in [0.5, 0.6) is 0 Å². The summed E-state index contributed by atoms with van der Waals surface area (Å²) in [6.07, 6.45) is 2.46. The van der Waals surface area contributed by atoms with Gasteiger partial charge in [0.15, 0.2) is 0 Å². The zero-order valence-corrected chi connectivity index (χ0v) is 9.87. The maximum atomic E-state index is 11.6. The summed E-state index contributed by atoms with van der Waals surface area (Å²) in [7, 11) is 0. The minimum Gasteiger partial charge on any atom is -0.395 e. The van der Waals surface area contributed by atoms with Gasteiger partial charge in [0.1, 0.15) is 0 Å². The minimum absolute atomic E-state index is 0.0318. The van der Waals surface area contributed by atoms with Crippen molar-refractivity contribution in [2.45, 2.75) is 33.1 Å². The van der Waals surface area contributed by atoms with Crippen LogP contribution in [0.4, 0.5) is 0 Å². The zero-order chi connectivity index (χ0) is 11.5. The second-order valence-corrected chi connectivity index (χ2v) is 3.40. The molecule has 0 aliphatic carbocycles. The van der Waals surface area contributed by atoms with Crippen LogP contribution in [0, 0.1) is 0 Å². The molecule has 0 spiro atoms. The molecule has 0 saturated carbocycles. The fraction of sp³-hybridized carbons (Fsp3) is 0.909. The third-order valence-electron chi connectivity index (χ3n) is 2.17. The van der Waals surface area contributed by atoms with Gasteiger partial charge in [-0.1, -0.05) is 13.3 Å². The first-order valence-electron chi connectivity index (χ1n) is 5.72. The van der Waals surface area contributed by atoms with E-state index in [1.807, 2.05) is 6.92 Å². The predicted octanol–water partition coefficient (Wildman–Crippen LogP) is 1.03. The molecular formula is C11H23NO3. The van der Waals surface area contributed by atoms with Crippen LogP contribution in [-0.4, -0.2) is 48.8 Å². The Morgan fingerprint density at radius 3 is 2.60 bits per heavy atom. The number of amides is 1. The van der Waals surface area contributed by atoms with Crippen molar-refractivity contribution < 1.29 is 14.6 Å². The Kier molecular flexibility index (Phi) is 9.52. The molecule has 0 radical (unpaired) electrons. The Balaban J connectivity index is 3.81. The molecule has 0 unspecified atom stereocenters. The second-order valence-electron chi connectivity index (χ2n) is 3.40. The van der Waals surface area contributed by atoms with Crippen molar-refractivity contribution in [2.75, 3.05) is 32.9 Å². The van der Waals surface area contributed by atoms with Gasteiger partial charge in [-0.3, -0.25) is 4.79 Å². The van der Waals surface area contributed by atoms with Gasteiger partial charge in [0.25, 0.3) is 0 Å². The normalized spacial score (nSPS) is 10.3. The lowest BCUT2D eigenvalue weighted by Gasteiger charge is -2.21. The summed E-state index contributed by atoms with van der Waals surface area (Å²) in [6.45, 7) is 6.32. The summed E-state index contributed by atoms with van der Waals surface area (Å²) in [5.41, 5.74) is 0. The summed E-state index contributed by atoms with van der Waals surface area (Å²) in [6, 6.07) is 0. The molecule has 0 aliphatic rings. The van der Waals surface area contributed by atoms with Crippen LogP contribution in [0.15, 0.2) is 0 Å². The van der Waals surface area contributed by atoms with Gasteiger partial charge < -0.3 is 14.7 Å². The Labute approximate surface area is 92.2 Å². The lowest BCUT2D eigenvalue weighted by molar-refractivity contribution is -0.132. The molecule has 0 saturated heterocycles. The highest BCUT2D eigenvalue weighted by atomic mass is 16.5. The third-order valence-corrected chi connectivity index (χ3v) is 2.17.